The van der Waals surface area contributed by atoms with Gasteiger partial charge in [-0.25, -0.2) is 4.79 Å². The van der Waals surface area contributed by atoms with Gasteiger partial charge >= 0.3 is 6.09 Å². The summed E-state index contributed by atoms with van der Waals surface area (Å²) in [5.41, 5.74) is 3.11. The van der Waals surface area contributed by atoms with Crippen LogP contribution >= 0.6 is 11.3 Å². The molecule has 0 bridgehead atoms. The molecule has 1 heterocycles. The van der Waals surface area contributed by atoms with E-state index in [0.717, 1.165) is 16.7 Å². The van der Waals surface area contributed by atoms with Crippen LogP contribution in [0.5, 0.6) is 0 Å². The van der Waals surface area contributed by atoms with E-state index in [1.54, 1.807) is 0 Å². The summed E-state index contributed by atoms with van der Waals surface area (Å²) in [5, 5.41) is 7.86. The molecule has 0 spiro atoms. The van der Waals surface area contributed by atoms with Gasteiger partial charge < -0.3 is 10.1 Å². The van der Waals surface area contributed by atoms with Gasteiger partial charge in [-0.2, -0.15) is 0 Å². The normalized spacial score (nSPS) is 10.2. The summed E-state index contributed by atoms with van der Waals surface area (Å²) in [6.07, 6.45) is -0.608. The number of carbonyl (C=O) groups is 2. The minimum Gasteiger partial charge on any atom is -0.453 e. The van der Waals surface area contributed by atoms with Crippen LogP contribution in [0.25, 0.3) is 11.1 Å². The molecule has 3 aromatic rings. The number of benzene rings is 2. The van der Waals surface area contributed by atoms with Gasteiger partial charge in [0, 0.05) is 17.5 Å². The van der Waals surface area contributed by atoms with Crippen molar-refractivity contribution in [2.24, 2.45) is 0 Å². The lowest BCUT2D eigenvalue weighted by Crippen LogP contribution is -2.24. The third-order valence-corrected chi connectivity index (χ3v) is 4.70. The largest absolute Gasteiger partial charge is 0.453 e. The van der Waals surface area contributed by atoms with E-state index < -0.39 is 6.09 Å². The second-order valence-corrected chi connectivity index (χ2v) is 6.38. The van der Waals surface area contributed by atoms with Gasteiger partial charge in [0.2, 0.25) is 0 Å². The summed E-state index contributed by atoms with van der Waals surface area (Å²) in [6, 6.07) is 19.2. The van der Waals surface area contributed by atoms with Gasteiger partial charge in [0.1, 0.15) is 5.00 Å². The molecule has 0 saturated heterocycles. The summed E-state index contributed by atoms with van der Waals surface area (Å²) in [5.74, 6) is -0.250. The Balaban J connectivity index is 1.90. The fourth-order valence-electron chi connectivity index (χ4n) is 2.52. The minimum absolute atomic E-state index is 0.250. The van der Waals surface area contributed by atoms with Crippen LogP contribution < -0.4 is 10.6 Å². The first kappa shape index (κ1) is 17.7. The Kier molecular flexibility index (Phi) is 5.66. The molecule has 0 aliphatic rings. The van der Waals surface area contributed by atoms with Crippen LogP contribution in [-0.4, -0.2) is 19.1 Å². The Morgan fingerprint density at radius 2 is 1.65 bits per heavy atom. The molecular weight excluding hydrogens is 348 g/mol. The predicted octanol–water partition coefficient (Wildman–Crippen LogP) is 4.52. The molecule has 0 unspecified atom stereocenters. The van der Waals surface area contributed by atoms with Crippen LogP contribution in [0.4, 0.5) is 9.80 Å². The van der Waals surface area contributed by atoms with E-state index in [9.17, 15) is 9.59 Å². The molecule has 2 N–H and O–H groups in total. The molecular formula is C20H18N2O3S. The third kappa shape index (κ3) is 4.10. The SMILES string of the molecule is COC(=O)Nc1scc(-c2ccccc2)c1C(=O)NCc1ccccc1. The number of amides is 2. The van der Waals surface area contributed by atoms with Crippen LogP contribution in [0.2, 0.25) is 0 Å². The van der Waals surface area contributed by atoms with Gasteiger partial charge in [-0.15, -0.1) is 11.3 Å². The fourth-order valence-corrected chi connectivity index (χ4v) is 3.47. The summed E-state index contributed by atoms with van der Waals surface area (Å²) in [7, 11) is 1.29. The topological polar surface area (TPSA) is 67.4 Å². The van der Waals surface area contributed by atoms with E-state index in [-0.39, 0.29) is 5.91 Å². The first-order chi connectivity index (χ1) is 12.7. The second kappa shape index (κ2) is 8.31. The average molecular weight is 366 g/mol. The Bertz CT molecular complexity index is 892. The first-order valence-corrected chi connectivity index (χ1v) is 8.91. The van der Waals surface area contributed by atoms with Crippen molar-refractivity contribution in [1.29, 1.82) is 0 Å². The van der Waals surface area contributed by atoms with Gasteiger partial charge in [-0.1, -0.05) is 60.7 Å². The van der Waals surface area contributed by atoms with Crippen molar-refractivity contribution in [3.8, 4) is 11.1 Å². The van der Waals surface area contributed by atoms with Crippen molar-refractivity contribution in [2.45, 2.75) is 6.54 Å². The molecule has 6 heteroatoms. The summed E-state index contributed by atoms with van der Waals surface area (Å²) < 4.78 is 4.66. The molecule has 2 amide bonds. The molecule has 0 atom stereocenters. The molecule has 0 aliphatic carbocycles. The number of hydrogen-bond acceptors (Lipinski definition) is 4. The number of ether oxygens (including phenoxy) is 1. The highest BCUT2D eigenvalue weighted by Gasteiger charge is 2.21. The van der Waals surface area contributed by atoms with Crippen LogP contribution in [0, 0.1) is 0 Å². The number of nitrogens with one attached hydrogen (secondary N) is 2. The number of carbonyl (C=O) groups excluding carboxylic acids is 2. The first-order valence-electron chi connectivity index (χ1n) is 8.03. The Hall–Kier alpha value is -3.12. The maximum atomic E-state index is 12.9. The molecule has 1 aromatic heterocycles. The molecule has 0 aliphatic heterocycles. The van der Waals surface area contributed by atoms with Gasteiger partial charge in [0.05, 0.1) is 12.7 Å². The van der Waals surface area contributed by atoms with Gasteiger partial charge in [-0.3, -0.25) is 10.1 Å². The number of thiophene rings is 1. The molecule has 0 radical (unpaired) electrons. The summed E-state index contributed by atoms with van der Waals surface area (Å²) in [4.78, 5) is 24.5. The zero-order chi connectivity index (χ0) is 18.4. The van der Waals surface area contributed by atoms with Gasteiger partial charge in [0.25, 0.3) is 5.91 Å². The Labute approximate surface area is 155 Å². The lowest BCUT2D eigenvalue weighted by Gasteiger charge is -2.10. The zero-order valence-electron chi connectivity index (χ0n) is 14.2. The van der Waals surface area contributed by atoms with Crippen molar-refractivity contribution in [2.75, 3.05) is 12.4 Å². The third-order valence-electron chi connectivity index (χ3n) is 3.80. The number of methoxy groups -OCH3 is 1. The van der Waals surface area contributed by atoms with Gasteiger partial charge in [-0.05, 0) is 11.1 Å². The van der Waals surface area contributed by atoms with Crippen molar-refractivity contribution >= 4 is 28.3 Å². The molecule has 0 saturated carbocycles. The molecule has 132 valence electrons. The van der Waals surface area contributed by atoms with Crippen molar-refractivity contribution in [3.63, 3.8) is 0 Å². The quantitative estimate of drug-likeness (QED) is 0.697. The Morgan fingerprint density at radius 1 is 1.00 bits per heavy atom. The molecule has 3 rings (SSSR count). The monoisotopic (exact) mass is 366 g/mol. The minimum atomic E-state index is -0.608. The van der Waals surface area contributed by atoms with Crippen LogP contribution in [0.1, 0.15) is 15.9 Å². The summed E-state index contributed by atoms with van der Waals surface area (Å²) in [6.45, 7) is 0.404. The lowest BCUT2D eigenvalue weighted by atomic mass is 10.0. The maximum Gasteiger partial charge on any atom is 0.411 e. The summed E-state index contributed by atoms with van der Waals surface area (Å²) >= 11 is 1.29. The van der Waals surface area contributed by atoms with Crippen molar-refractivity contribution < 1.29 is 14.3 Å². The fraction of sp³-hybridized carbons (Fsp3) is 0.100. The van der Waals surface area contributed by atoms with E-state index in [0.29, 0.717) is 17.1 Å². The highest BCUT2D eigenvalue weighted by Crippen LogP contribution is 2.35. The number of anilines is 1. The highest BCUT2D eigenvalue weighted by molar-refractivity contribution is 7.15. The molecule has 2 aromatic carbocycles. The van der Waals surface area contributed by atoms with Crippen molar-refractivity contribution in [1.82, 2.24) is 5.32 Å². The van der Waals surface area contributed by atoms with E-state index in [4.69, 9.17) is 0 Å². The van der Waals surface area contributed by atoms with Gasteiger partial charge in [0.15, 0.2) is 0 Å². The highest BCUT2D eigenvalue weighted by atomic mass is 32.1. The van der Waals surface area contributed by atoms with Crippen LogP contribution in [-0.2, 0) is 11.3 Å². The zero-order valence-corrected chi connectivity index (χ0v) is 15.0. The van der Waals surface area contributed by atoms with E-state index >= 15 is 0 Å². The van der Waals surface area contributed by atoms with E-state index in [1.165, 1.54) is 18.4 Å². The maximum absolute atomic E-state index is 12.9. The second-order valence-electron chi connectivity index (χ2n) is 5.50. The average Bonchev–Trinajstić information content (AvgIpc) is 3.11. The van der Waals surface area contributed by atoms with Crippen molar-refractivity contribution in [3.05, 3.63) is 77.2 Å². The number of rotatable bonds is 5. The van der Waals surface area contributed by atoms with E-state index in [1.807, 2.05) is 66.0 Å². The smallest absolute Gasteiger partial charge is 0.411 e. The Morgan fingerprint density at radius 3 is 2.31 bits per heavy atom. The lowest BCUT2D eigenvalue weighted by molar-refractivity contribution is 0.0953. The molecule has 26 heavy (non-hydrogen) atoms. The van der Waals surface area contributed by atoms with Crippen LogP contribution in [0.3, 0.4) is 0 Å². The molecule has 5 nitrogen and oxygen atoms in total. The molecule has 0 fully saturated rings. The van der Waals surface area contributed by atoms with Crippen LogP contribution in [0.15, 0.2) is 66.0 Å². The van der Waals surface area contributed by atoms with E-state index in [2.05, 4.69) is 15.4 Å². The standard InChI is InChI=1S/C20H18N2O3S/c1-25-20(24)22-19-17(16(13-26-19)15-10-6-3-7-11-15)18(23)21-12-14-8-4-2-5-9-14/h2-11,13H,12H2,1H3,(H,21,23)(H,22,24). The number of hydrogen-bond donors (Lipinski definition) is 2. The predicted molar refractivity (Wildman–Crippen MR) is 103 cm³/mol.